The summed E-state index contributed by atoms with van der Waals surface area (Å²) in [5.41, 5.74) is 0. The summed E-state index contributed by atoms with van der Waals surface area (Å²) in [6, 6.07) is 0.677. The first-order chi connectivity index (χ1) is 8.57. The fourth-order valence-electron chi connectivity index (χ4n) is 2.41. The van der Waals surface area contributed by atoms with Crippen LogP contribution in [0, 0.1) is 0 Å². The first-order valence-electron chi connectivity index (χ1n) is 6.79. The van der Waals surface area contributed by atoms with Crippen LogP contribution >= 0.6 is 0 Å². The van der Waals surface area contributed by atoms with E-state index in [1.165, 1.54) is 0 Å². The Hall–Kier alpha value is -0.170. The van der Waals surface area contributed by atoms with E-state index in [9.17, 15) is 8.42 Å². The number of nitrogens with one attached hydrogen (secondary N) is 2. The van der Waals surface area contributed by atoms with Gasteiger partial charge in [-0.1, -0.05) is 6.92 Å². The third-order valence-corrected chi connectivity index (χ3v) is 4.85. The van der Waals surface area contributed by atoms with E-state index in [-0.39, 0.29) is 11.8 Å². The van der Waals surface area contributed by atoms with Gasteiger partial charge in [-0.3, -0.25) is 0 Å². The molecule has 0 heterocycles. The van der Waals surface area contributed by atoms with Crippen molar-refractivity contribution >= 4 is 10.0 Å². The molecule has 0 amide bonds. The highest BCUT2D eigenvalue weighted by molar-refractivity contribution is 7.89. The third-order valence-electron chi connectivity index (χ3n) is 3.33. The Morgan fingerprint density at radius 2 is 1.78 bits per heavy atom. The number of sulfonamides is 1. The zero-order valence-corrected chi connectivity index (χ0v) is 12.3. The zero-order valence-electron chi connectivity index (χ0n) is 11.4. The van der Waals surface area contributed by atoms with Crippen LogP contribution in [0.2, 0.25) is 0 Å². The van der Waals surface area contributed by atoms with Crippen LogP contribution in [0.1, 0.15) is 39.0 Å². The quantitative estimate of drug-likeness (QED) is 0.646. The van der Waals surface area contributed by atoms with Crippen LogP contribution in [-0.2, 0) is 14.8 Å². The smallest absolute Gasteiger partial charge is 0.211 e. The Morgan fingerprint density at radius 3 is 2.33 bits per heavy atom. The van der Waals surface area contributed by atoms with Gasteiger partial charge in [0.15, 0.2) is 0 Å². The van der Waals surface area contributed by atoms with Gasteiger partial charge in [0.1, 0.15) is 0 Å². The molecule has 108 valence electrons. The molecule has 1 rings (SSSR count). The summed E-state index contributed by atoms with van der Waals surface area (Å²) in [5, 5.41) is 3.42. The number of ether oxygens (including phenoxy) is 1. The number of hydrogen-bond donors (Lipinski definition) is 2. The molecule has 1 fully saturated rings. The van der Waals surface area contributed by atoms with Crippen molar-refractivity contribution < 1.29 is 13.2 Å². The molecular weight excluding hydrogens is 252 g/mol. The molecule has 0 spiro atoms. The van der Waals surface area contributed by atoms with Crippen LogP contribution in [0.5, 0.6) is 0 Å². The summed E-state index contributed by atoms with van der Waals surface area (Å²) in [4.78, 5) is 0. The lowest BCUT2D eigenvalue weighted by Crippen LogP contribution is -2.42. The average Bonchev–Trinajstić information content (AvgIpc) is 2.32. The van der Waals surface area contributed by atoms with Crippen LogP contribution < -0.4 is 10.0 Å². The third kappa shape index (κ3) is 6.13. The molecular formula is C12H26N2O3S. The second kappa shape index (κ2) is 8.09. The summed E-state index contributed by atoms with van der Waals surface area (Å²) < 4.78 is 31.3. The minimum atomic E-state index is -3.13. The summed E-state index contributed by atoms with van der Waals surface area (Å²) in [6.07, 6.45) is 4.53. The van der Waals surface area contributed by atoms with Crippen molar-refractivity contribution in [2.45, 2.75) is 51.1 Å². The van der Waals surface area contributed by atoms with Crippen molar-refractivity contribution in [1.29, 1.82) is 0 Å². The molecule has 0 saturated heterocycles. The Balaban J connectivity index is 2.27. The standard InChI is InChI=1S/C12H26N2O3S/c1-3-13-11-5-7-12(8-6-11)14-18(15,16)10-4-9-17-2/h11-14H,3-10H2,1-2H3. The second-order valence-corrected chi connectivity index (χ2v) is 6.76. The maximum absolute atomic E-state index is 11.8. The van der Waals surface area contributed by atoms with E-state index in [4.69, 9.17) is 4.74 Å². The van der Waals surface area contributed by atoms with E-state index < -0.39 is 10.0 Å². The molecule has 18 heavy (non-hydrogen) atoms. The van der Waals surface area contributed by atoms with E-state index >= 15 is 0 Å². The summed E-state index contributed by atoms with van der Waals surface area (Å²) in [5.74, 6) is 0.161. The molecule has 1 saturated carbocycles. The van der Waals surface area contributed by atoms with Gasteiger partial charge >= 0.3 is 0 Å². The van der Waals surface area contributed by atoms with Crippen LogP contribution in [-0.4, -0.2) is 46.5 Å². The van der Waals surface area contributed by atoms with Gasteiger partial charge in [0, 0.05) is 25.8 Å². The number of methoxy groups -OCH3 is 1. The normalized spacial score (nSPS) is 25.2. The fraction of sp³-hybridized carbons (Fsp3) is 1.00. The maximum Gasteiger partial charge on any atom is 0.211 e. The minimum Gasteiger partial charge on any atom is -0.385 e. The molecule has 1 aliphatic carbocycles. The lowest BCUT2D eigenvalue weighted by atomic mass is 9.92. The van der Waals surface area contributed by atoms with E-state index in [2.05, 4.69) is 17.0 Å². The molecule has 0 unspecified atom stereocenters. The molecule has 6 heteroatoms. The van der Waals surface area contributed by atoms with Gasteiger partial charge in [-0.15, -0.1) is 0 Å². The van der Waals surface area contributed by atoms with Crippen molar-refractivity contribution in [3.05, 3.63) is 0 Å². The highest BCUT2D eigenvalue weighted by atomic mass is 32.2. The van der Waals surface area contributed by atoms with Gasteiger partial charge in [0.2, 0.25) is 10.0 Å². The second-order valence-electron chi connectivity index (χ2n) is 4.89. The molecule has 1 aliphatic rings. The van der Waals surface area contributed by atoms with E-state index in [0.29, 0.717) is 19.1 Å². The topological polar surface area (TPSA) is 67.4 Å². The Bertz CT molecular complexity index is 311. The zero-order chi connectivity index (χ0) is 13.4. The van der Waals surface area contributed by atoms with Crippen molar-refractivity contribution in [1.82, 2.24) is 10.0 Å². The Morgan fingerprint density at radius 1 is 1.17 bits per heavy atom. The molecule has 0 atom stereocenters. The SMILES string of the molecule is CCNC1CCC(NS(=O)(=O)CCCOC)CC1. The predicted molar refractivity (Wildman–Crippen MR) is 73.1 cm³/mol. The number of hydrogen-bond acceptors (Lipinski definition) is 4. The summed E-state index contributed by atoms with van der Waals surface area (Å²) in [7, 11) is -1.55. The molecule has 0 aromatic rings. The molecule has 0 aromatic heterocycles. The average molecular weight is 278 g/mol. The van der Waals surface area contributed by atoms with Gasteiger partial charge in [-0.2, -0.15) is 0 Å². The Kier molecular flexibility index (Phi) is 7.14. The van der Waals surface area contributed by atoms with Gasteiger partial charge in [-0.25, -0.2) is 13.1 Å². The van der Waals surface area contributed by atoms with Crippen molar-refractivity contribution in [3.63, 3.8) is 0 Å². The van der Waals surface area contributed by atoms with Gasteiger partial charge < -0.3 is 10.1 Å². The van der Waals surface area contributed by atoms with Gasteiger partial charge in [0.25, 0.3) is 0 Å². The van der Waals surface area contributed by atoms with E-state index in [1.807, 2.05) is 0 Å². The molecule has 5 nitrogen and oxygen atoms in total. The van der Waals surface area contributed by atoms with Crippen LogP contribution in [0.15, 0.2) is 0 Å². The molecule has 0 aromatic carbocycles. The maximum atomic E-state index is 11.8. The highest BCUT2D eigenvalue weighted by Gasteiger charge is 2.23. The predicted octanol–water partition coefficient (Wildman–Crippen LogP) is 0.863. The van der Waals surface area contributed by atoms with Gasteiger partial charge in [-0.05, 0) is 38.6 Å². The van der Waals surface area contributed by atoms with Crippen LogP contribution in [0.25, 0.3) is 0 Å². The molecule has 0 radical (unpaired) electrons. The van der Waals surface area contributed by atoms with Crippen LogP contribution in [0.3, 0.4) is 0 Å². The molecule has 0 bridgehead atoms. The van der Waals surface area contributed by atoms with Crippen molar-refractivity contribution in [2.75, 3.05) is 26.0 Å². The van der Waals surface area contributed by atoms with Crippen molar-refractivity contribution in [3.8, 4) is 0 Å². The summed E-state index contributed by atoms with van der Waals surface area (Å²) >= 11 is 0. The van der Waals surface area contributed by atoms with Crippen LogP contribution in [0.4, 0.5) is 0 Å². The fourth-order valence-corrected chi connectivity index (χ4v) is 3.77. The number of rotatable bonds is 8. The molecule has 2 N–H and O–H groups in total. The highest BCUT2D eigenvalue weighted by Crippen LogP contribution is 2.19. The Labute approximate surface area is 111 Å². The monoisotopic (exact) mass is 278 g/mol. The minimum absolute atomic E-state index is 0.118. The molecule has 0 aliphatic heterocycles. The van der Waals surface area contributed by atoms with Gasteiger partial charge in [0.05, 0.1) is 5.75 Å². The first kappa shape index (κ1) is 15.9. The lowest BCUT2D eigenvalue weighted by molar-refractivity contribution is 0.199. The lowest BCUT2D eigenvalue weighted by Gasteiger charge is -2.29. The first-order valence-corrected chi connectivity index (χ1v) is 8.45. The van der Waals surface area contributed by atoms with E-state index in [1.54, 1.807) is 7.11 Å². The van der Waals surface area contributed by atoms with Crippen molar-refractivity contribution in [2.24, 2.45) is 0 Å². The van der Waals surface area contributed by atoms with E-state index in [0.717, 1.165) is 32.2 Å². The summed E-state index contributed by atoms with van der Waals surface area (Å²) in [6.45, 7) is 3.58. The largest absolute Gasteiger partial charge is 0.385 e.